The number of aliphatic hydroxyl groups excluding tert-OH is 1. The summed E-state index contributed by atoms with van der Waals surface area (Å²) in [6.45, 7) is 0.0407. The lowest BCUT2D eigenvalue weighted by molar-refractivity contribution is 0.228. The van der Waals surface area contributed by atoms with Gasteiger partial charge in [-0.2, -0.15) is 8.78 Å². The van der Waals surface area contributed by atoms with Crippen molar-refractivity contribution in [1.82, 2.24) is 9.97 Å². The van der Waals surface area contributed by atoms with Crippen LogP contribution in [0.15, 0.2) is 36.4 Å². The number of benzene rings is 2. The zero-order valence-corrected chi connectivity index (χ0v) is 18.5. The van der Waals surface area contributed by atoms with Crippen LogP contribution >= 0.6 is 0 Å². The van der Waals surface area contributed by atoms with E-state index in [1.165, 1.54) is 20.3 Å². The number of nitrogens with zero attached hydrogens (tertiary/aromatic N) is 2. The molecule has 0 saturated heterocycles. The number of methoxy groups -OCH3 is 2. The van der Waals surface area contributed by atoms with E-state index in [1.807, 2.05) is 0 Å². The van der Waals surface area contributed by atoms with Gasteiger partial charge < -0.3 is 24.6 Å². The fraction of sp³-hybridized carbons (Fsp3) is 0.300. The number of hydrogen-bond donors (Lipinski definition) is 3. The third kappa shape index (κ3) is 5.68. The van der Waals surface area contributed by atoms with E-state index in [0.717, 1.165) is 0 Å². The highest BCUT2D eigenvalue weighted by Crippen LogP contribution is 2.41. The summed E-state index contributed by atoms with van der Waals surface area (Å²) in [4.78, 5) is 8.48. The van der Waals surface area contributed by atoms with Gasteiger partial charge in [0.1, 0.15) is 5.75 Å². The molecule has 0 radical (unpaired) electrons. The average Bonchev–Trinajstić information content (AvgIpc) is 2.79. The molecule has 2 aromatic carbocycles. The lowest BCUT2D eigenvalue weighted by Gasteiger charge is -2.19. The van der Waals surface area contributed by atoms with Crippen LogP contribution in [0.25, 0.3) is 11.0 Å². The molecule has 1 heterocycles. The number of ether oxygens (including phenoxy) is 3. The second-order valence-electron chi connectivity index (χ2n) is 6.57. The SMILES string of the molecule is COc1cc(Nc2nc3ccccc3nc2NS(=O)(=O)C(F)F)c(OCCCO)c(OC)c1. The Morgan fingerprint density at radius 1 is 1.06 bits per heavy atom. The van der Waals surface area contributed by atoms with Crippen molar-refractivity contribution in [2.24, 2.45) is 0 Å². The minimum atomic E-state index is -5.02. The molecule has 0 unspecified atom stereocenters. The summed E-state index contributed by atoms with van der Waals surface area (Å²) in [6.07, 6.45) is 0.337. The van der Waals surface area contributed by atoms with E-state index in [9.17, 15) is 17.2 Å². The number of nitrogens with one attached hydrogen (secondary N) is 2. The fourth-order valence-electron chi connectivity index (χ4n) is 2.79. The Morgan fingerprint density at radius 2 is 1.73 bits per heavy atom. The molecule has 1 aromatic heterocycles. The molecular formula is C20H22F2N4O6S. The number of sulfonamides is 1. The number of alkyl halides is 2. The minimum Gasteiger partial charge on any atom is -0.497 e. The second kappa shape index (κ2) is 10.4. The van der Waals surface area contributed by atoms with Gasteiger partial charge in [-0.25, -0.2) is 18.4 Å². The minimum absolute atomic E-state index is 0.100. The summed E-state index contributed by atoms with van der Waals surface area (Å²) in [7, 11) is -2.18. The molecule has 0 fully saturated rings. The normalized spacial score (nSPS) is 11.5. The molecule has 3 aromatic rings. The number of halogens is 2. The molecule has 0 aliphatic heterocycles. The van der Waals surface area contributed by atoms with Crippen LogP contribution in [0.3, 0.4) is 0 Å². The highest BCUT2D eigenvalue weighted by molar-refractivity contribution is 7.93. The van der Waals surface area contributed by atoms with E-state index in [2.05, 4.69) is 15.3 Å². The maximum atomic E-state index is 13.0. The maximum Gasteiger partial charge on any atom is 0.355 e. The number of aliphatic hydroxyl groups is 1. The van der Waals surface area contributed by atoms with Crippen LogP contribution in [-0.2, 0) is 10.0 Å². The summed E-state index contributed by atoms with van der Waals surface area (Å²) in [5.41, 5.74) is 0.918. The number of hydrogen-bond acceptors (Lipinski definition) is 9. The molecule has 0 aliphatic rings. The van der Waals surface area contributed by atoms with E-state index in [-0.39, 0.29) is 41.7 Å². The third-order valence-electron chi connectivity index (χ3n) is 4.33. The van der Waals surface area contributed by atoms with Gasteiger partial charge in [-0.15, -0.1) is 0 Å². The lowest BCUT2D eigenvalue weighted by Crippen LogP contribution is -2.22. The topological polar surface area (TPSA) is 132 Å². The van der Waals surface area contributed by atoms with E-state index in [1.54, 1.807) is 35.1 Å². The van der Waals surface area contributed by atoms with Gasteiger partial charge >= 0.3 is 5.76 Å². The van der Waals surface area contributed by atoms with Gasteiger partial charge in [0.15, 0.2) is 23.1 Å². The first kappa shape index (κ1) is 24.2. The average molecular weight is 484 g/mol. The molecule has 3 N–H and O–H groups in total. The summed E-state index contributed by atoms with van der Waals surface area (Å²) in [5, 5.41) is 11.9. The quantitative estimate of drug-likeness (QED) is 0.351. The van der Waals surface area contributed by atoms with Crippen LogP contribution in [0.2, 0.25) is 0 Å². The van der Waals surface area contributed by atoms with E-state index in [4.69, 9.17) is 19.3 Å². The molecule has 0 amide bonds. The van der Waals surface area contributed by atoms with Gasteiger partial charge in [-0.1, -0.05) is 12.1 Å². The Bertz CT molecular complexity index is 1230. The summed E-state index contributed by atoms with van der Waals surface area (Å²) in [6, 6.07) is 9.62. The van der Waals surface area contributed by atoms with Gasteiger partial charge in [0.2, 0.25) is 0 Å². The Morgan fingerprint density at radius 3 is 2.30 bits per heavy atom. The van der Waals surface area contributed by atoms with Crippen LogP contribution in [0, 0.1) is 0 Å². The van der Waals surface area contributed by atoms with Crippen molar-refractivity contribution >= 4 is 38.4 Å². The molecule has 0 saturated carbocycles. The molecule has 0 spiro atoms. The molecule has 0 bridgehead atoms. The number of rotatable bonds is 11. The highest BCUT2D eigenvalue weighted by Gasteiger charge is 2.27. The number of fused-ring (bicyclic) bond motifs is 1. The van der Waals surface area contributed by atoms with Crippen molar-refractivity contribution in [3.8, 4) is 17.2 Å². The molecule has 178 valence electrons. The first-order chi connectivity index (χ1) is 15.8. The summed E-state index contributed by atoms with van der Waals surface area (Å²) < 4.78 is 67.8. The van der Waals surface area contributed by atoms with Gasteiger partial charge in [-0.3, -0.25) is 4.72 Å². The smallest absolute Gasteiger partial charge is 0.355 e. The Balaban J connectivity index is 2.13. The number of aromatic nitrogens is 2. The van der Waals surface area contributed by atoms with Crippen LogP contribution < -0.4 is 24.2 Å². The zero-order chi connectivity index (χ0) is 24.0. The highest BCUT2D eigenvalue weighted by atomic mass is 32.2. The van der Waals surface area contributed by atoms with E-state index < -0.39 is 21.6 Å². The van der Waals surface area contributed by atoms with Crippen LogP contribution in [0.5, 0.6) is 17.2 Å². The molecule has 3 rings (SSSR count). The first-order valence-electron chi connectivity index (χ1n) is 9.62. The van der Waals surface area contributed by atoms with Crippen molar-refractivity contribution < 1.29 is 36.5 Å². The summed E-state index contributed by atoms with van der Waals surface area (Å²) >= 11 is 0. The fourth-order valence-corrected chi connectivity index (χ4v) is 3.29. The van der Waals surface area contributed by atoms with Crippen LogP contribution in [0.1, 0.15) is 6.42 Å². The number of anilines is 3. The van der Waals surface area contributed by atoms with Crippen molar-refractivity contribution in [1.29, 1.82) is 0 Å². The Labute approximate surface area is 188 Å². The van der Waals surface area contributed by atoms with Crippen LogP contribution in [0.4, 0.5) is 26.1 Å². The van der Waals surface area contributed by atoms with Gasteiger partial charge in [0, 0.05) is 25.2 Å². The molecule has 33 heavy (non-hydrogen) atoms. The molecule has 0 atom stereocenters. The number of para-hydroxylation sites is 2. The van der Waals surface area contributed by atoms with Gasteiger partial charge in [-0.05, 0) is 12.1 Å². The molecular weight excluding hydrogens is 462 g/mol. The third-order valence-corrected chi connectivity index (χ3v) is 5.28. The van der Waals surface area contributed by atoms with Crippen molar-refractivity contribution in [3.05, 3.63) is 36.4 Å². The van der Waals surface area contributed by atoms with E-state index >= 15 is 0 Å². The Hall–Kier alpha value is -3.45. The second-order valence-corrected chi connectivity index (χ2v) is 8.22. The summed E-state index contributed by atoms with van der Waals surface area (Å²) in [5.74, 6) is -3.40. The first-order valence-corrected chi connectivity index (χ1v) is 11.2. The molecule has 13 heteroatoms. The predicted octanol–water partition coefficient (Wildman–Crippen LogP) is 3.12. The van der Waals surface area contributed by atoms with Gasteiger partial charge in [0.05, 0.1) is 37.5 Å². The Kier molecular flexibility index (Phi) is 7.66. The van der Waals surface area contributed by atoms with Gasteiger partial charge in [0.25, 0.3) is 10.0 Å². The maximum absolute atomic E-state index is 13.0. The molecule has 0 aliphatic carbocycles. The van der Waals surface area contributed by atoms with Crippen molar-refractivity contribution in [2.45, 2.75) is 12.2 Å². The van der Waals surface area contributed by atoms with Crippen molar-refractivity contribution in [3.63, 3.8) is 0 Å². The lowest BCUT2D eigenvalue weighted by atomic mass is 10.2. The largest absolute Gasteiger partial charge is 0.497 e. The predicted molar refractivity (Wildman–Crippen MR) is 118 cm³/mol. The monoisotopic (exact) mass is 484 g/mol. The standard InChI is InChI=1S/C20H22F2N4O6S/c1-30-12-10-15(17(16(11-12)31-2)32-9-5-8-27)25-18-19(26-33(28,29)20(21)22)24-14-7-4-3-6-13(14)23-18/h3-4,6-7,10-11,20,27H,5,8-9H2,1-2H3,(H,23,25)(H,24,26). The van der Waals surface area contributed by atoms with Crippen LogP contribution in [-0.4, -0.2) is 56.7 Å². The molecule has 10 nitrogen and oxygen atoms in total. The van der Waals surface area contributed by atoms with Crippen molar-refractivity contribution in [2.75, 3.05) is 37.5 Å². The zero-order valence-electron chi connectivity index (χ0n) is 17.7. The van der Waals surface area contributed by atoms with E-state index in [0.29, 0.717) is 17.7 Å².